The first kappa shape index (κ1) is 13.9. The van der Waals surface area contributed by atoms with Gasteiger partial charge in [0, 0.05) is 11.6 Å². The first-order valence-corrected chi connectivity index (χ1v) is 7.48. The maximum Gasteiger partial charge on any atom is 0.260 e. The predicted octanol–water partition coefficient (Wildman–Crippen LogP) is 2.25. The molecule has 0 aromatic heterocycles. The van der Waals surface area contributed by atoms with Crippen LogP contribution in [-0.2, 0) is 11.2 Å². The molecule has 0 radical (unpaired) electrons. The molecule has 0 bridgehead atoms. The fourth-order valence-corrected chi connectivity index (χ4v) is 2.60. The highest BCUT2D eigenvalue weighted by Crippen LogP contribution is 2.26. The lowest BCUT2D eigenvalue weighted by Crippen LogP contribution is -2.37. The molecule has 0 heterocycles. The Kier molecular flexibility index (Phi) is 3.82. The van der Waals surface area contributed by atoms with E-state index in [1.807, 2.05) is 18.2 Å². The molecule has 3 rings (SSSR count). The number of fused-ring (bicyclic) bond motifs is 1. The van der Waals surface area contributed by atoms with Crippen LogP contribution in [0, 0.1) is 0 Å². The van der Waals surface area contributed by atoms with E-state index in [1.54, 1.807) is 6.92 Å². The zero-order valence-electron chi connectivity index (χ0n) is 12.1. The van der Waals surface area contributed by atoms with Crippen molar-refractivity contribution in [1.82, 2.24) is 5.32 Å². The summed E-state index contributed by atoms with van der Waals surface area (Å²) in [4.78, 5) is 11.9. The van der Waals surface area contributed by atoms with Gasteiger partial charge in [-0.3, -0.25) is 4.79 Å². The van der Waals surface area contributed by atoms with E-state index in [1.165, 1.54) is 0 Å². The average Bonchev–Trinajstić information content (AvgIpc) is 3.30. The number of ether oxygens (including phenoxy) is 1. The van der Waals surface area contributed by atoms with Crippen LogP contribution in [-0.4, -0.2) is 29.0 Å². The van der Waals surface area contributed by atoms with E-state index in [0.29, 0.717) is 17.5 Å². The second kappa shape index (κ2) is 5.76. The lowest BCUT2D eigenvalue weighted by Gasteiger charge is -2.19. The Morgan fingerprint density at radius 2 is 2.24 bits per heavy atom. The van der Waals surface area contributed by atoms with E-state index in [2.05, 4.69) is 10.5 Å². The molecule has 1 amide bonds. The lowest BCUT2D eigenvalue weighted by molar-refractivity contribution is -0.127. The molecule has 2 N–H and O–H groups in total. The SMILES string of the molecule is CC(Oc1ccc2c(c1)/C(=N\O)CCC2)C(=O)NC1CC1. The van der Waals surface area contributed by atoms with E-state index in [4.69, 9.17) is 9.94 Å². The molecule has 2 aliphatic carbocycles. The molecule has 1 atom stereocenters. The molecule has 0 saturated heterocycles. The molecule has 1 aromatic carbocycles. The minimum Gasteiger partial charge on any atom is -0.481 e. The summed E-state index contributed by atoms with van der Waals surface area (Å²) in [5.41, 5.74) is 2.78. The van der Waals surface area contributed by atoms with E-state index in [9.17, 15) is 4.79 Å². The fourth-order valence-electron chi connectivity index (χ4n) is 2.60. The van der Waals surface area contributed by atoms with Gasteiger partial charge in [-0.05, 0) is 56.7 Å². The van der Waals surface area contributed by atoms with Crippen LogP contribution in [0.25, 0.3) is 0 Å². The van der Waals surface area contributed by atoms with Gasteiger partial charge in [0.1, 0.15) is 5.75 Å². The van der Waals surface area contributed by atoms with Crippen LogP contribution >= 0.6 is 0 Å². The van der Waals surface area contributed by atoms with Crippen LogP contribution in [0.3, 0.4) is 0 Å². The van der Waals surface area contributed by atoms with E-state index < -0.39 is 6.10 Å². The Morgan fingerprint density at radius 1 is 1.43 bits per heavy atom. The molecule has 0 aliphatic heterocycles. The minimum absolute atomic E-state index is 0.0775. The Morgan fingerprint density at radius 3 is 2.95 bits per heavy atom. The lowest BCUT2D eigenvalue weighted by atomic mass is 9.90. The van der Waals surface area contributed by atoms with Crippen LogP contribution in [0.2, 0.25) is 0 Å². The standard InChI is InChI=1S/C16H20N2O3/c1-10(16(19)17-12-6-7-12)21-13-8-5-11-3-2-4-15(18-20)14(11)9-13/h5,8-10,12,20H,2-4,6-7H2,1H3,(H,17,19)/b18-15-. The van der Waals surface area contributed by atoms with Gasteiger partial charge in [0.2, 0.25) is 0 Å². The van der Waals surface area contributed by atoms with Gasteiger partial charge < -0.3 is 15.3 Å². The van der Waals surface area contributed by atoms with E-state index in [0.717, 1.165) is 43.2 Å². The summed E-state index contributed by atoms with van der Waals surface area (Å²) < 4.78 is 5.72. The molecule has 21 heavy (non-hydrogen) atoms. The van der Waals surface area contributed by atoms with Crippen LogP contribution in [0.4, 0.5) is 0 Å². The number of nitrogens with one attached hydrogen (secondary N) is 1. The van der Waals surface area contributed by atoms with Crippen molar-refractivity contribution in [2.75, 3.05) is 0 Å². The fraction of sp³-hybridized carbons (Fsp3) is 0.500. The largest absolute Gasteiger partial charge is 0.481 e. The third-order valence-electron chi connectivity index (χ3n) is 3.98. The number of rotatable bonds is 4. The van der Waals surface area contributed by atoms with Crippen LogP contribution < -0.4 is 10.1 Å². The van der Waals surface area contributed by atoms with E-state index >= 15 is 0 Å². The number of aryl methyl sites for hydroxylation is 1. The number of hydrogen-bond donors (Lipinski definition) is 2. The maximum atomic E-state index is 11.9. The highest BCUT2D eigenvalue weighted by atomic mass is 16.5. The van der Waals surface area contributed by atoms with Gasteiger partial charge in [-0.25, -0.2) is 0 Å². The van der Waals surface area contributed by atoms with Crippen LogP contribution in [0.1, 0.15) is 43.7 Å². The summed E-state index contributed by atoms with van der Waals surface area (Å²) in [5, 5.41) is 15.4. The third kappa shape index (κ3) is 3.17. The van der Waals surface area contributed by atoms with Crippen molar-refractivity contribution in [3.63, 3.8) is 0 Å². The van der Waals surface area contributed by atoms with Crippen molar-refractivity contribution in [3.05, 3.63) is 29.3 Å². The Balaban J connectivity index is 1.72. The first-order chi connectivity index (χ1) is 10.2. The second-order valence-corrected chi connectivity index (χ2v) is 5.76. The number of hydrogen-bond acceptors (Lipinski definition) is 4. The Hall–Kier alpha value is -2.04. The van der Waals surface area contributed by atoms with Crippen LogP contribution in [0.5, 0.6) is 5.75 Å². The smallest absolute Gasteiger partial charge is 0.260 e. The summed E-state index contributed by atoms with van der Waals surface area (Å²) in [7, 11) is 0. The highest BCUT2D eigenvalue weighted by molar-refractivity contribution is 6.02. The zero-order chi connectivity index (χ0) is 14.8. The Bertz CT molecular complexity index is 579. The average molecular weight is 288 g/mol. The third-order valence-corrected chi connectivity index (χ3v) is 3.98. The summed E-state index contributed by atoms with van der Waals surface area (Å²) >= 11 is 0. The maximum absolute atomic E-state index is 11.9. The van der Waals surface area contributed by atoms with Gasteiger partial charge in [-0.1, -0.05) is 11.2 Å². The van der Waals surface area contributed by atoms with Gasteiger partial charge in [0.15, 0.2) is 6.10 Å². The zero-order valence-corrected chi connectivity index (χ0v) is 12.1. The van der Waals surface area contributed by atoms with Gasteiger partial charge in [-0.15, -0.1) is 0 Å². The molecule has 1 aromatic rings. The van der Waals surface area contributed by atoms with Crippen molar-refractivity contribution in [1.29, 1.82) is 0 Å². The van der Waals surface area contributed by atoms with Crippen molar-refractivity contribution in [2.24, 2.45) is 5.16 Å². The number of amides is 1. The van der Waals surface area contributed by atoms with Gasteiger partial charge >= 0.3 is 0 Å². The molecule has 5 heteroatoms. The van der Waals surface area contributed by atoms with Crippen molar-refractivity contribution in [2.45, 2.75) is 51.2 Å². The quantitative estimate of drug-likeness (QED) is 0.659. The van der Waals surface area contributed by atoms with Gasteiger partial charge in [0.05, 0.1) is 5.71 Å². The Labute approximate surface area is 124 Å². The van der Waals surface area contributed by atoms with Crippen molar-refractivity contribution in [3.8, 4) is 5.75 Å². The molecule has 1 fully saturated rings. The monoisotopic (exact) mass is 288 g/mol. The minimum atomic E-state index is -0.526. The number of nitrogens with zero attached hydrogens (tertiary/aromatic N) is 1. The number of carbonyl (C=O) groups is 1. The van der Waals surface area contributed by atoms with Gasteiger partial charge in [-0.2, -0.15) is 0 Å². The molecule has 112 valence electrons. The predicted molar refractivity (Wildman–Crippen MR) is 79.0 cm³/mol. The molecule has 2 aliphatic rings. The summed E-state index contributed by atoms with van der Waals surface area (Å²) in [5.74, 6) is 0.557. The topological polar surface area (TPSA) is 70.9 Å². The van der Waals surface area contributed by atoms with Gasteiger partial charge in [0.25, 0.3) is 5.91 Å². The molecule has 1 saturated carbocycles. The second-order valence-electron chi connectivity index (χ2n) is 5.76. The van der Waals surface area contributed by atoms with Crippen molar-refractivity contribution >= 4 is 11.6 Å². The van der Waals surface area contributed by atoms with Crippen LogP contribution in [0.15, 0.2) is 23.4 Å². The summed E-state index contributed by atoms with van der Waals surface area (Å²) in [6, 6.07) is 6.06. The first-order valence-electron chi connectivity index (χ1n) is 7.48. The number of carbonyl (C=O) groups excluding carboxylic acids is 1. The van der Waals surface area contributed by atoms with Crippen molar-refractivity contribution < 1.29 is 14.7 Å². The molecular weight excluding hydrogens is 268 g/mol. The number of benzene rings is 1. The van der Waals surface area contributed by atoms with E-state index in [-0.39, 0.29) is 5.91 Å². The highest BCUT2D eigenvalue weighted by Gasteiger charge is 2.26. The number of oxime groups is 1. The molecule has 5 nitrogen and oxygen atoms in total. The summed E-state index contributed by atoms with van der Waals surface area (Å²) in [6.45, 7) is 1.75. The molecule has 0 spiro atoms. The molecule has 1 unspecified atom stereocenters. The normalized spacial score (nSPS) is 20.7. The summed E-state index contributed by atoms with van der Waals surface area (Å²) in [6.07, 6.45) is 4.34. The molecular formula is C16H20N2O3.